The van der Waals surface area contributed by atoms with Crippen molar-refractivity contribution in [2.75, 3.05) is 19.5 Å². The zero-order valence-electron chi connectivity index (χ0n) is 9.50. The standard InChI is InChI=1S/C10H15N3O4/c1-16-10(6-14)4-2-8(17-10)13-5-3-7(11)12-9(13)15/h3,5,8,14H,2,4,6H2,1H3,(H2,11,12,15)/t8-,10+/m0/s1. The summed E-state index contributed by atoms with van der Waals surface area (Å²) in [6.07, 6.45) is 2.13. The Morgan fingerprint density at radius 3 is 3.12 bits per heavy atom. The van der Waals surface area contributed by atoms with Gasteiger partial charge in [0.15, 0.2) is 5.79 Å². The molecule has 3 N–H and O–H groups in total. The molecule has 0 amide bonds. The fourth-order valence-corrected chi connectivity index (χ4v) is 1.88. The molecule has 0 aliphatic carbocycles. The van der Waals surface area contributed by atoms with Crippen molar-refractivity contribution in [3.8, 4) is 0 Å². The molecule has 1 fully saturated rings. The maximum absolute atomic E-state index is 11.6. The van der Waals surface area contributed by atoms with Crippen LogP contribution in [-0.4, -0.2) is 34.2 Å². The van der Waals surface area contributed by atoms with Crippen LogP contribution in [0.15, 0.2) is 17.1 Å². The number of aliphatic hydroxyl groups excluding tert-OH is 1. The summed E-state index contributed by atoms with van der Waals surface area (Å²) in [6.45, 7) is -0.253. The lowest BCUT2D eigenvalue weighted by molar-refractivity contribution is -0.242. The summed E-state index contributed by atoms with van der Waals surface area (Å²) >= 11 is 0. The molecule has 0 saturated carbocycles. The number of hydrogen-bond donors (Lipinski definition) is 2. The first-order chi connectivity index (χ1) is 8.10. The molecule has 7 nitrogen and oxygen atoms in total. The third kappa shape index (κ3) is 2.17. The lowest BCUT2D eigenvalue weighted by atomic mass is 10.2. The number of ether oxygens (including phenoxy) is 2. The summed E-state index contributed by atoms with van der Waals surface area (Å²) in [6, 6.07) is 1.52. The molecule has 0 aromatic carbocycles. The maximum atomic E-state index is 11.6. The Hall–Kier alpha value is -1.44. The molecule has 2 atom stereocenters. The van der Waals surface area contributed by atoms with Crippen LogP contribution in [0.25, 0.3) is 0 Å². The third-order valence-electron chi connectivity index (χ3n) is 2.90. The average molecular weight is 241 g/mol. The van der Waals surface area contributed by atoms with Gasteiger partial charge >= 0.3 is 5.69 Å². The molecular formula is C10H15N3O4. The Morgan fingerprint density at radius 1 is 1.82 bits per heavy atom. The van der Waals surface area contributed by atoms with E-state index in [1.54, 1.807) is 0 Å². The van der Waals surface area contributed by atoms with Gasteiger partial charge in [0, 0.05) is 19.7 Å². The number of hydrogen-bond acceptors (Lipinski definition) is 6. The number of methoxy groups -OCH3 is 1. The monoisotopic (exact) mass is 241 g/mol. The number of anilines is 1. The normalized spacial score (nSPS) is 28.5. The van der Waals surface area contributed by atoms with Crippen LogP contribution in [0, 0.1) is 0 Å². The molecule has 2 heterocycles. The summed E-state index contributed by atoms with van der Waals surface area (Å²) in [4.78, 5) is 15.2. The van der Waals surface area contributed by atoms with Crippen LogP contribution in [0.1, 0.15) is 19.1 Å². The first-order valence-corrected chi connectivity index (χ1v) is 5.29. The van der Waals surface area contributed by atoms with Crippen LogP contribution in [0.5, 0.6) is 0 Å². The number of nitrogens with two attached hydrogens (primary N) is 1. The van der Waals surface area contributed by atoms with Crippen LogP contribution in [0.4, 0.5) is 5.82 Å². The van der Waals surface area contributed by atoms with Gasteiger partial charge < -0.3 is 20.3 Å². The Morgan fingerprint density at radius 2 is 2.59 bits per heavy atom. The predicted molar refractivity (Wildman–Crippen MR) is 59.1 cm³/mol. The Balaban J connectivity index is 2.23. The minimum Gasteiger partial charge on any atom is -0.391 e. The highest BCUT2D eigenvalue weighted by molar-refractivity contribution is 5.23. The topological polar surface area (TPSA) is 99.6 Å². The second-order valence-electron chi connectivity index (χ2n) is 3.93. The van der Waals surface area contributed by atoms with Crippen LogP contribution in [0.2, 0.25) is 0 Å². The van der Waals surface area contributed by atoms with Crippen LogP contribution in [-0.2, 0) is 9.47 Å². The van der Waals surface area contributed by atoms with Gasteiger partial charge in [-0.3, -0.25) is 4.57 Å². The number of rotatable bonds is 3. The second kappa shape index (κ2) is 4.44. The van der Waals surface area contributed by atoms with Gasteiger partial charge in [0.25, 0.3) is 0 Å². The lowest BCUT2D eigenvalue weighted by Crippen LogP contribution is -2.36. The van der Waals surface area contributed by atoms with Crippen molar-refractivity contribution in [3.05, 3.63) is 22.7 Å². The molecule has 1 saturated heterocycles. The molecule has 0 bridgehead atoms. The summed E-state index contributed by atoms with van der Waals surface area (Å²) in [7, 11) is 1.46. The first kappa shape index (κ1) is 12.0. The number of aliphatic hydroxyl groups is 1. The van der Waals surface area contributed by atoms with E-state index in [-0.39, 0.29) is 12.4 Å². The van der Waals surface area contributed by atoms with Crippen molar-refractivity contribution < 1.29 is 14.6 Å². The molecule has 0 unspecified atom stereocenters. The van der Waals surface area contributed by atoms with Gasteiger partial charge in [-0.2, -0.15) is 4.98 Å². The summed E-state index contributed by atoms with van der Waals surface area (Å²) < 4.78 is 12.0. The molecule has 7 heteroatoms. The van der Waals surface area contributed by atoms with Gasteiger partial charge in [0.2, 0.25) is 0 Å². The smallest absolute Gasteiger partial charge is 0.351 e. The summed E-state index contributed by atoms with van der Waals surface area (Å²) in [5.41, 5.74) is 4.93. The predicted octanol–water partition coefficient (Wildman–Crippen LogP) is -0.531. The molecule has 94 valence electrons. The molecular weight excluding hydrogens is 226 g/mol. The van der Waals surface area contributed by atoms with Crippen molar-refractivity contribution in [2.45, 2.75) is 24.9 Å². The molecule has 0 radical (unpaired) electrons. The molecule has 1 aliphatic rings. The van der Waals surface area contributed by atoms with E-state index in [2.05, 4.69) is 4.98 Å². The van der Waals surface area contributed by atoms with E-state index in [1.165, 1.54) is 23.9 Å². The average Bonchev–Trinajstić information content (AvgIpc) is 2.74. The Kier molecular flexibility index (Phi) is 3.14. The van der Waals surface area contributed by atoms with E-state index >= 15 is 0 Å². The molecule has 2 rings (SSSR count). The van der Waals surface area contributed by atoms with E-state index in [9.17, 15) is 9.90 Å². The van der Waals surface area contributed by atoms with E-state index in [0.717, 1.165) is 0 Å². The van der Waals surface area contributed by atoms with E-state index in [0.29, 0.717) is 12.8 Å². The van der Waals surface area contributed by atoms with Crippen molar-refractivity contribution in [3.63, 3.8) is 0 Å². The Labute approximate surface area is 97.8 Å². The van der Waals surface area contributed by atoms with Crippen molar-refractivity contribution in [2.24, 2.45) is 0 Å². The maximum Gasteiger partial charge on any atom is 0.351 e. The number of nitrogen functional groups attached to an aromatic ring is 1. The second-order valence-corrected chi connectivity index (χ2v) is 3.93. The third-order valence-corrected chi connectivity index (χ3v) is 2.90. The number of nitrogens with zero attached hydrogens (tertiary/aromatic N) is 2. The van der Waals surface area contributed by atoms with Crippen molar-refractivity contribution >= 4 is 5.82 Å². The quantitative estimate of drug-likeness (QED) is 0.738. The molecule has 17 heavy (non-hydrogen) atoms. The Bertz CT molecular complexity index is 455. The van der Waals surface area contributed by atoms with Gasteiger partial charge in [0.1, 0.15) is 12.0 Å². The van der Waals surface area contributed by atoms with Crippen LogP contribution >= 0.6 is 0 Å². The van der Waals surface area contributed by atoms with Gasteiger partial charge in [-0.15, -0.1) is 0 Å². The molecule has 0 spiro atoms. The highest BCUT2D eigenvalue weighted by atomic mass is 16.7. The van der Waals surface area contributed by atoms with Crippen molar-refractivity contribution in [1.29, 1.82) is 0 Å². The van der Waals surface area contributed by atoms with Gasteiger partial charge in [0.05, 0.1) is 6.61 Å². The summed E-state index contributed by atoms with van der Waals surface area (Å²) in [5, 5.41) is 9.22. The zero-order valence-corrected chi connectivity index (χ0v) is 9.50. The van der Waals surface area contributed by atoms with Crippen molar-refractivity contribution in [1.82, 2.24) is 9.55 Å². The molecule has 1 aliphatic heterocycles. The SMILES string of the molecule is CO[C@]1(CO)CC[C@@H](n2ccc(N)nc2=O)O1. The van der Waals surface area contributed by atoms with E-state index in [4.69, 9.17) is 15.2 Å². The van der Waals surface area contributed by atoms with Gasteiger partial charge in [-0.25, -0.2) is 4.79 Å². The fourth-order valence-electron chi connectivity index (χ4n) is 1.88. The largest absolute Gasteiger partial charge is 0.391 e. The number of aromatic nitrogens is 2. The van der Waals surface area contributed by atoms with Crippen LogP contribution < -0.4 is 11.4 Å². The van der Waals surface area contributed by atoms with Gasteiger partial charge in [-0.05, 0) is 12.5 Å². The minimum absolute atomic E-state index is 0.171. The highest BCUT2D eigenvalue weighted by Crippen LogP contribution is 2.35. The van der Waals surface area contributed by atoms with E-state index < -0.39 is 17.7 Å². The molecule has 1 aromatic rings. The lowest BCUT2D eigenvalue weighted by Gasteiger charge is -2.25. The van der Waals surface area contributed by atoms with E-state index in [1.807, 2.05) is 0 Å². The van der Waals surface area contributed by atoms with Gasteiger partial charge in [-0.1, -0.05) is 0 Å². The fraction of sp³-hybridized carbons (Fsp3) is 0.600. The zero-order chi connectivity index (χ0) is 12.5. The summed E-state index contributed by atoms with van der Waals surface area (Å²) in [5.74, 6) is -0.852. The highest BCUT2D eigenvalue weighted by Gasteiger charge is 2.41. The van der Waals surface area contributed by atoms with Crippen LogP contribution in [0.3, 0.4) is 0 Å². The minimum atomic E-state index is -1.02. The molecule has 1 aromatic heterocycles. The first-order valence-electron chi connectivity index (χ1n) is 5.29.